The number of esters is 1. The van der Waals surface area contributed by atoms with Gasteiger partial charge in [-0.2, -0.15) is 0 Å². The molecule has 140 valence electrons. The number of carbonyl (C=O) groups is 1. The zero-order chi connectivity index (χ0) is 17.0. The summed E-state index contributed by atoms with van der Waals surface area (Å²) in [6.07, 6.45) is 5.29. The maximum Gasteiger partial charge on any atom is 0.330 e. The molecule has 0 aromatic heterocycles. The normalized spacial score (nSPS) is 9.54. The molecular weight excluding hydrogens is 443 g/mol. The fourth-order valence-electron chi connectivity index (χ4n) is 1.91. The highest BCUT2D eigenvalue weighted by Gasteiger charge is 1.98. The van der Waals surface area contributed by atoms with E-state index in [4.69, 9.17) is 14.2 Å². The summed E-state index contributed by atoms with van der Waals surface area (Å²) in [5, 5.41) is 0. The molecule has 0 saturated carbocycles. The third kappa shape index (κ3) is 9.27. The van der Waals surface area contributed by atoms with Gasteiger partial charge in [-0.3, -0.25) is 0 Å². The molecule has 0 atom stereocenters. The summed E-state index contributed by atoms with van der Waals surface area (Å²) in [6.45, 7) is 3.82. The molecule has 26 heavy (non-hydrogen) atoms. The molecule has 0 bridgehead atoms. The summed E-state index contributed by atoms with van der Waals surface area (Å²) in [4.78, 5) is 10.9. The van der Waals surface area contributed by atoms with Crippen LogP contribution in [0.25, 0.3) is 6.08 Å². The molecule has 2 aromatic rings. The molecule has 0 unspecified atom stereocenters. The first kappa shape index (κ1) is 23.7. The second kappa shape index (κ2) is 13.9. The molecule has 0 fully saturated rings. The predicted octanol–water partition coefficient (Wildman–Crippen LogP) is 5.24. The molecule has 2 rings (SSSR count). The molecule has 0 saturated heterocycles. The number of hydrogen-bond acceptors (Lipinski definition) is 4. The lowest BCUT2D eigenvalue weighted by Gasteiger charge is -2.07. The Morgan fingerprint density at radius 3 is 2.38 bits per heavy atom. The predicted molar refractivity (Wildman–Crippen MR) is 116 cm³/mol. The van der Waals surface area contributed by atoms with Crippen LogP contribution in [0, 0.1) is 0 Å². The van der Waals surface area contributed by atoms with Gasteiger partial charge in [-0.25, -0.2) is 4.79 Å². The van der Waals surface area contributed by atoms with E-state index in [-0.39, 0.29) is 38.2 Å². The summed E-state index contributed by atoms with van der Waals surface area (Å²) in [5.74, 6) is 0.311. The molecule has 0 aliphatic rings. The maximum absolute atomic E-state index is 10.9. The zero-order valence-electron chi connectivity index (χ0n) is 13.8. The van der Waals surface area contributed by atoms with Gasteiger partial charge in [-0.15, -0.1) is 24.0 Å². The van der Waals surface area contributed by atoms with E-state index in [9.17, 15) is 4.79 Å². The van der Waals surface area contributed by atoms with E-state index in [0.29, 0.717) is 13.0 Å². The number of ether oxygens (including phenoxy) is 3. The lowest BCUT2D eigenvalue weighted by Crippen LogP contribution is -2.04. The van der Waals surface area contributed by atoms with E-state index in [2.05, 4.69) is 6.58 Å². The lowest BCUT2D eigenvalue weighted by molar-refractivity contribution is -0.137. The summed E-state index contributed by atoms with van der Waals surface area (Å²) >= 11 is 0. The first-order valence-electron chi connectivity index (χ1n) is 7.62. The smallest absolute Gasteiger partial charge is 0.330 e. The van der Waals surface area contributed by atoms with E-state index in [1.54, 1.807) is 6.26 Å². The second-order valence-electron chi connectivity index (χ2n) is 4.91. The van der Waals surface area contributed by atoms with E-state index in [1.165, 1.54) is 0 Å². The number of hydrogen-bond donors (Lipinski definition) is 0. The van der Waals surface area contributed by atoms with Crippen LogP contribution in [0.4, 0.5) is 0 Å². The van der Waals surface area contributed by atoms with Crippen LogP contribution in [0.15, 0.2) is 73.5 Å². The first-order valence-corrected chi connectivity index (χ1v) is 7.62. The average molecular weight is 468 g/mol. The first-order chi connectivity index (χ1) is 11.8. The molecule has 0 radical (unpaired) electrons. The largest absolute Gasteiger partial charge is 0.465 e. The van der Waals surface area contributed by atoms with Crippen LogP contribution in [0.1, 0.15) is 18.6 Å². The molecular formula is C21H25IO4. The minimum absolute atomic E-state index is 0. The molecule has 0 amide bonds. The Labute approximate surface area is 172 Å². The van der Waals surface area contributed by atoms with E-state index < -0.39 is 5.97 Å². The monoisotopic (exact) mass is 468 g/mol. The van der Waals surface area contributed by atoms with Crippen molar-refractivity contribution in [3.8, 4) is 5.75 Å². The Hall–Kier alpha value is -2.28. The molecule has 0 aliphatic carbocycles. The number of carbonyl (C=O) groups excluding carboxylic acids is 1. The van der Waals surface area contributed by atoms with Crippen LogP contribution in [-0.2, 0) is 20.7 Å². The Morgan fingerprint density at radius 1 is 1.04 bits per heavy atom. The van der Waals surface area contributed by atoms with E-state index in [0.717, 1.165) is 23.0 Å². The third-order valence-corrected chi connectivity index (χ3v) is 3.17. The van der Waals surface area contributed by atoms with Gasteiger partial charge in [-0.05, 0) is 29.3 Å². The van der Waals surface area contributed by atoms with Gasteiger partial charge in [0.2, 0.25) is 6.79 Å². The van der Waals surface area contributed by atoms with Crippen LogP contribution < -0.4 is 4.74 Å². The Bertz CT molecular complexity index is 666. The molecule has 0 heterocycles. The van der Waals surface area contributed by atoms with Crippen LogP contribution in [0.3, 0.4) is 0 Å². The fourth-order valence-corrected chi connectivity index (χ4v) is 1.91. The third-order valence-electron chi connectivity index (χ3n) is 3.17. The zero-order valence-corrected chi connectivity index (χ0v) is 16.1. The summed E-state index contributed by atoms with van der Waals surface area (Å²) in [5.41, 5.74) is 2.13. The Morgan fingerprint density at radius 2 is 1.73 bits per heavy atom. The summed E-state index contributed by atoms with van der Waals surface area (Å²) < 4.78 is 15.7. The van der Waals surface area contributed by atoms with Gasteiger partial charge in [-0.1, -0.05) is 56.5 Å². The van der Waals surface area contributed by atoms with Crippen molar-refractivity contribution in [1.82, 2.24) is 0 Å². The molecule has 5 heteroatoms. The average Bonchev–Trinajstić information content (AvgIpc) is 2.63. The van der Waals surface area contributed by atoms with E-state index >= 15 is 0 Å². The van der Waals surface area contributed by atoms with Gasteiger partial charge >= 0.3 is 5.97 Å². The molecule has 2 aromatic carbocycles. The van der Waals surface area contributed by atoms with Crippen LogP contribution in [0.5, 0.6) is 5.75 Å². The quantitative estimate of drug-likeness (QED) is 0.126. The van der Waals surface area contributed by atoms with Crippen molar-refractivity contribution in [2.75, 3.05) is 13.4 Å². The molecule has 0 aliphatic heterocycles. The second-order valence-corrected chi connectivity index (χ2v) is 4.91. The van der Waals surface area contributed by atoms with Crippen molar-refractivity contribution < 1.29 is 19.0 Å². The van der Waals surface area contributed by atoms with Crippen molar-refractivity contribution >= 4 is 36.0 Å². The number of halogens is 1. The minimum atomic E-state index is -0.407. The highest BCUT2D eigenvalue weighted by molar-refractivity contribution is 14.0. The van der Waals surface area contributed by atoms with Crippen molar-refractivity contribution in [2.45, 2.75) is 13.8 Å². The van der Waals surface area contributed by atoms with Crippen LogP contribution in [-0.4, -0.2) is 19.4 Å². The lowest BCUT2D eigenvalue weighted by atomic mass is 10.1. The molecule has 0 spiro atoms. The topological polar surface area (TPSA) is 44.8 Å². The number of rotatable bonds is 9. The van der Waals surface area contributed by atoms with Gasteiger partial charge in [0, 0.05) is 12.5 Å². The summed E-state index contributed by atoms with van der Waals surface area (Å²) in [6, 6.07) is 17.5. The van der Waals surface area contributed by atoms with Gasteiger partial charge in [0.15, 0.2) is 0 Å². The highest BCUT2D eigenvalue weighted by atomic mass is 127. The standard InChI is InChI=1S/C20H20O4.CH4.HI/c1-2-20(21)23-15-13-18-8-10-19(11-9-18)24-16-22-14-12-17-6-4-3-5-7-17;;/h2-12,14H,1,13,15-16H2;1H4;1H/b14-12+;;. The van der Waals surface area contributed by atoms with Gasteiger partial charge in [0.25, 0.3) is 0 Å². The van der Waals surface area contributed by atoms with Crippen molar-refractivity contribution in [1.29, 1.82) is 0 Å². The fraction of sp³-hybridized carbons (Fsp3) is 0.190. The molecule has 0 N–H and O–H groups in total. The Balaban J connectivity index is 0.00000312. The van der Waals surface area contributed by atoms with Gasteiger partial charge < -0.3 is 14.2 Å². The van der Waals surface area contributed by atoms with Crippen LogP contribution in [0.2, 0.25) is 0 Å². The summed E-state index contributed by atoms with van der Waals surface area (Å²) in [7, 11) is 0. The SMILES string of the molecule is C.C=CC(=O)OCCc1ccc(OCO/C=C/c2ccccc2)cc1.I. The molecule has 4 nitrogen and oxygen atoms in total. The van der Waals surface area contributed by atoms with Crippen molar-refractivity contribution in [3.05, 3.63) is 84.6 Å². The van der Waals surface area contributed by atoms with Gasteiger partial charge in [0.1, 0.15) is 5.75 Å². The Kier molecular flexibility index (Phi) is 12.7. The van der Waals surface area contributed by atoms with Crippen molar-refractivity contribution in [3.63, 3.8) is 0 Å². The minimum Gasteiger partial charge on any atom is -0.465 e. The maximum atomic E-state index is 10.9. The van der Waals surface area contributed by atoms with Gasteiger partial charge in [0.05, 0.1) is 12.9 Å². The van der Waals surface area contributed by atoms with Crippen molar-refractivity contribution in [2.24, 2.45) is 0 Å². The van der Waals surface area contributed by atoms with E-state index in [1.807, 2.05) is 60.7 Å². The highest BCUT2D eigenvalue weighted by Crippen LogP contribution is 2.13. The van der Waals surface area contributed by atoms with Crippen LogP contribution >= 0.6 is 24.0 Å². The number of benzene rings is 2.